The molecule has 0 atom stereocenters. The number of hydrogen-bond acceptors (Lipinski definition) is 3. The van der Waals surface area contributed by atoms with Gasteiger partial charge in [0.15, 0.2) is 0 Å². The number of morpholine rings is 1. The van der Waals surface area contributed by atoms with Crippen LogP contribution in [0.25, 0.3) is 0 Å². The van der Waals surface area contributed by atoms with Crippen molar-refractivity contribution in [3.05, 3.63) is 0 Å². The first-order chi connectivity index (χ1) is 7.49. The van der Waals surface area contributed by atoms with E-state index >= 15 is 0 Å². The van der Waals surface area contributed by atoms with E-state index in [-0.39, 0.29) is 0 Å². The van der Waals surface area contributed by atoms with Crippen molar-refractivity contribution in [3.8, 4) is 0 Å². The summed E-state index contributed by atoms with van der Waals surface area (Å²) in [5, 5.41) is 3.56. The van der Waals surface area contributed by atoms with Crippen molar-refractivity contribution in [1.29, 1.82) is 0 Å². The van der Waals surface area contributed by atoms with Crippen LogP contribution in [0.2, 0.25) is 0 Å². The molecule has 1 aliphatic heterocycles. The molecule has 0 aromatic rings. The third-order valence-electron chi connectivity index (χ3n) is 2.91. The summed E-state index contributed by atoms with van der Waals surface area (Å²) in [6, 6.07) is 0. The maximum atomic E-state index is 5.37. The molecule has 3 nitrogen and oxygen atoms in total. The Kier molecular flexibility index (Phi) is 5.73. The topological polar surface area (TPSA) is 24.5 Å². The average molecular weight is 228 g/mol. The lowest BCUT2D eigenvalue weighted by Gasteiger charge is -2.35. The summed E-state index contributed by atoms with van der Waals surface area (Å²) in [4.78, 5) is 2.51. The van der Waals surface area contributed by atoms with Crippen molar-refractivity contribution in [2.45, 2.75) is 27.7 Å². The van der Waals surface area contributed by atoms with Gasteiger partial charge in [-0.3, -0.25) is 4.90 Å². The van der Waals surface area contributed by atoms with Crippen molar-refractivity contribution in [2.24, 2.45) is 11.3 Å². The summed E-state index contributed by atoms with van der Waals surface area (Å²) in [6.45, 7) is 16.6. The molecule has 1 rings (SSSR count). The Morgan fingerprint density at radius 3 is 2.44 bits per heavy atom. The van der Waals surface area contributed by atoms with E-state index in [2.05, 4.69) is 37.9 Å². The molecule has 0 radical (unpaired) electrons. The van der Waals surface area contributed by atoms with Gasteiger partial charge >= 0.3 is 0 Å². The van der Waals surface area contributed by atoms with E-state index in [9.17, 15) is 0 Å². The van der Waals surface area contributed by atoms with Crippen molar-refractivity contribution in [1.82, 2.24) is 10.2 Å². The Hall–Kier alpha value is -0.120. The minimum absolute atomic E-state index is 0.353. The molecule has 3 heteroatoms. The molecule has 1 N–H and O–H groups in total. The van der Waals surface area contributed by atoms with Crippen molar-refractivity contribution >= 4 is 0 Å². The van der Waals surface area contributed by atoms with Gasteiger partial charge in [-0.25, -0.2) is 0 Å². The second-order valence-electron chi connectivity index (χ2n) is 6.08. The van der Waals surface area contributed by atoms with Gasteiger partial charge in [0.05, 0.1) is 13.2 Å². The highest BCUT2D eigenvalue weighted by atomic mass is 16.5. The predicted octanol–water partition coefficient (Wildman–Crippen LogP) is 1.59. The Bertz CT molecular complexity index is 186. The standard InChI is InChI=1S/C13H28N2O/c1-12(2)9-14-10-13(3,4)11-15-5-7-16-8-6-15/h12,14H,5-11H2,1-4H3. The zero-order valence-electron chi connectivity index (χ0n) is 11.4. The van der Waals surface area contributed by atoms with Crippen LogP contribution in [-0.4, -0.2) is 50.8 Å². The molecule has 16 heavy (non-hydrogen) atoms. The Morgan fingerprint density at radius 1 is 1.25 bits per heavy atom. The van der Waals surface area contributed by atoms with Crippen LogP contribution >= 0.6 is 0 Å². The largest absolute Gasteiger partial charge is 0.379 e. The molecular formula is C13H28N2O. The van der Waals surface area contributed by atoms with Gasteiger partial charge in [0.25, 0.3) is 0 Å². The van der Waals surface area contributed by atoms with E-state index < -0.39 is 0 Å². The minimum atomic E-state index is 0.353. The molecular weight excluding hydrogens is 200 g/mol. The monoisotopic (exact) mass is 228 g/mol. The highest BCUT2D eigenvalue weighted by Crippen LogP contribution is 2.16. The van der Waals surface area contributed by atoms with E-state index in [0.717, 1.165) is 45.3 Å². The summed E-state index contributed by atoms with van der Waals surface area (Å²) in [5.74, 6) is 0.735. The molecule has 1 heterocycles. The maximum Gasteiger partial charge on any atom is 0.0594 e. The molecule has 0 aliphatic carbocycles. The molecule has 1 fully saturated rings. The summed E-state index contributed by atoms with van der Waals surface area (Å²) in [5.41, 5.74) is 0.353. The van der Waals surface area contributed by atoms with Crippen LogP contribution in [0.3, 0.4) is 0 Å². The van der Waals surface area contributed by atoms with E-state index in [1.54, 1.807) is 0 Å². The lowest BCUT2D eigenvalue weighted by Crippen LogP contribution is -2.45. The molecule has 1 aliphatic rings. The minimum Gasteiger partial charge on any atom is -0.379 e. The lowest BCUT2D eigenvalue weighted by molar-refractivity contribution is 0.0212. The average Bonchev–Trinajstić information content (AvgIpc) is 2.17. The lowest BCUT2D eigenvalue weighted by atomic mass is 9.92. The molecule has 0 bridgehead atoms. The van der Waals surface area contributed by atoms with Crippen LogP contribution in [0.5, 0.6) is 0 Å². The molecule has 0 aromatic carbocycles. The van der Waals surface area contributed by atoms with Crippen LogP contribution in [0.4, 0.5) is 0 Å². The van der Waals surface area contributed by atoms with Gasteiger partial charge in [0.1, 0.15) is 0 Å². The van der Waals surface area contributed by atoms with Crippen molar-refractivity contribution in [3.63, 3.8) is 0 Å². The van der Waals surface area contributed by atoms with Gasteiger partial charge in [-0.1, -0.05) is 27.7 Å². The first-order valence-corrected chi connectivity index (χ1v) is 6.50. The second-order valence-corrected chi connectivity index (χ2v) is 6.08. The third-order valence-corrected chi connectivity index (χ3v) is 2.91. The smallest absolute Gasteiger partial charge is 0.0594 e. The number of rotatable bonds is 6. The fraction of sp³-hybridized carbons (Fsp3) is 1.00. The number of hydrogen-bond donors (Lipinski definition) is 1. The molecule has 0 aromatic heterocycles. The fourth-order valence-corrected chi connectivity index (χ4v) is 2.12. The van der Waals surface area contributed by atoms with E-state index in [1.165, 1.54) is 6.54 Å². The van der Waals surface area contributed by atoms with Crippen LogP contribution in [0, 0.1) is 11.3 Å². The van der Waals surface area contributed by atoms with Gasteiger partial charge in [0, 0.05) is 26.2 Å². The second kappa shape index (κ2) is 6.58. The Labute approximate surface area is 101 Å². The highest BCUT2D eigenvalue weighted by molar-refractivity contribution is 4.77. The van der Waals surface area contributed by atoms with Crippen molar-refractivity contribution in [2.75, 3.05) is 45.9 Å². The van der Waals surface area contributed by atoms with E-state index in [4.69, 9.17) is 4.74 Å². The number of nitrogens with zero attached hydrogens (tertiary/aromatic N) is 1. The quantitative estimate of drug-likeness (QED) is 0.747. The van der Waals surface area contributed by atoms with Crippen LogP contribution in [0.15, 0.2) is 0 Å². The van der Waals surface area contributed by atoms with Gasteiger partial charge in [-0.15, -0.1) is 0 Å². The third kappa shape index (κ3) is 5.83. The highest BCUT2D eigenvalue weighted by Gasteiger charge is 2.22. The van der Waals surface area contributed by atoms with Gasteiger partial charge in [-0.2, -0.15) is 0 Å². The summed E-state index contributed by atoms with van der Waals surface area (Å²) in [7, 11) is 0. The first-order valence-electron chi connectivity index (χ1n) is 6.50. The predicted molar refractivity (Wildman–Crippen MR) is 68.7 cm³/mol. The molecule has 0 amide bonds. The Balaban J connectivity index is 2.21. The Morgan fingerprint density at radius 2 is 1.88 bits per heavy atom. The molecule has 0 spiro atoms. The number of nitrogens with one attached hydrogen (secondary N) is 1. The summed E-state index contributed by atoms with van der Waals surface area (Å²) in [6.07, 6.45) is 0. The van der Waals surface area contributed by atoms with Gasteiger partial charge < -0.3 is 10.1 Å². The van der Waals surface area contributed by atoms with E-state index in [0.29, 0.717) is 5.41 Å². The van der Waals surface area contributed by atoms with E-state index in [1.807, 2.05) is 0 Å². The summed E-state index contributed by atoms with van der Waals surface area (Å²) < 4.78 is 5.37. The van der Waals surface area contributed by atoms with Gasteiger partial charge in [0.2, 0.25) is 0 Å². The SMILES string of the molecule is CC(C)CNCC(C)(C)CN1CCOCC1. The molecule has 0 saturated carbocycles. The van der Waals surface area contributed by atoms with Crippen molar-refractivity contribution < 1.29 is 4.74 Å². The molecule has 0 unspecified atom stereocenters. The fourth-order valence-electron chi connectivity index (χ4n) is 2.12. The zero-order chi connectivity index (χ0) is 12.0. The van der Waals surface area contributed by atoms with Crippen LogP contribution in [0.1, 0.15) is 27.7 Å². The van der Waals surface area contributed by atoms with Crippen LogP contribution in [-0.2, 0) is 4.74 Å². The zero-order valence-corrected chi connectivity index (χ0v) is 11.4. The number of ether oxygens (including phenoxy) is 1. The van der Waals surface area contributed by atoms with Gasteiger partial charge in [-0.05, 0) is 17.9 Å². The molecule has 96 valence electrons. The maximum absolute atomic E-state index is 5.37. The van der Waals surface area contributed by atoms with Crippen LogP contribution < -0.4 is 5.32 Å². The molecule has 1 saturated heterocycles. The summed E-state index contributed by atoms with van der Waals surface area (Å²) >= 11 is 0. The normalized spacial score (nSPS) is 19.3. The first kappa shape index (κ1) is 13.9.